The maximum Gasteiger partial charge on any atom is 0.236 e. The van der Waals surface area contributed by atoms with Crippen LogP contribution in [0.2, 0.25) is 0 Å². The number of anilines is 1. The SMILES string of the molecule is [C-]#[N+]c1c(-c2ccc3cc(N(C)C)ccc3c2)ccn2ccnc12. The Morgan fingerprint density at radius 3 is 2.58 bits per heavy atom. The van der Waals surface area contributed by atoms with Crippen molar-refractivity contribution in [3.8, 4) is 11.1 Å². The number of benzene rings is 2. The summed E-state index contributed by atoms with van der Waals surface area (Å²) in [6, 6.07) is 14.7. The average molecular weight is 312 g/mol. The number of imidazole rings is 1. The number of rotatable bonds is 2. The first-order valence-corrected chi connectivity index (χ1v) is 7.72. The van der Waals surface area contributed by atoms with Gasteiger partial charge in [-0.15, -0.1) is 0 Å². The molecule has 0 aliphatic heterocycles. The summed E-state index contributed by atoms with van der Waals surface area (Å²) in [6.45, 7) is 7.56. The van der Waals surface area contributed by atoms with E-state index in [4.69, 9.17) is 6.57 Å². The lowest BCUT2D eigenvalue weighted by molar-refractivity contribution is 1.14. The maximum absolute atomic E-state index is 7.56. The van der Waals surface area contributed by atoms with Gasteiger partial charge in [-0.25, -0.2) is 9.83 Å². The number of aromatic nitrogens is 2. The van der Waals surface area contributed by atoms with E-state index >= 15 is 0 Å². The van der Waals surface area contributed by atoms with E-state index in [1.165, 1.54) is 11.1 Å². The summed E-state index contributed by atoms with van der Waals surface area (Å²) in [7, 11) is 4.08. The summed E-state index contributed by atoms with van der Waals surface area (Å²) in [6.07, 6.45) is 5.53. The van der Waals surface area contributed by atoms with Crippen molar-refractivity contribution >= 4 is 27.8 Å². The van der Waals surface area contributed by atoms with E-state index in [-0.39, 0.29) is 0 Å². The molecule has 0 aliphatic carbocycles. The highest BCUT2D eigenvalue weighted by Gasteiger charge is 2.11. The molecule has 0 amide bonds. The topological polar surface area (TPSA) is 24.9 Å². The first-order chi connectivity index (χ1) is 11.7. The van der Waals surface area contributed by atoms with Gasteiger partial charge < -0.3 is 9.30 Å². The molecule has 4 nitrogen and oxygen atoms in total. The van der Waals surface area contributed by atoms with E-state index in [9.17, 15) is 0 Å². The second-order valence-electron chi connectivity index (χ2n) is 5.99. The van der Waals surface area contributed by atoms with E-state index in [1.54, 1.807) is 6.20 Å². The third-order valence-electron chi connectivity index (χ3n) is 4.30. The standard InChI is InChI=1S/C20H16N4/c1-21-19-18(8-10-24-11-9-22-20(19)24)16-5-4-15-13-17(23(2)3)7-6-14(15)12-16/h4-13H,2-3H3. The molecule has 0 unspecified atom stereocenters. The summed E-state index contributed by atoms with van der Waals surface area (Å²) in [5, 5.41) is 2.36. The quantitative estimate of drug-likeness (QED) is 0.498. The van der Waals surface area contributed by atoms with Gasteiger partial charge in [0.05, 0.1) is 6.57 Å². The minimum atomic E-state index is 0.590. The molecule has 2 heterocycles. The van der Waals surface area contributed by atoms with E-state index in [2.05, 4.69) is 51.1 Å². The second-order valence-corrected chi connectivity index (χ2v) is 5.99. The Morgan fingerprint density at radius 2 is 1.79 bits per heavy atom. The van der Waals surface area contributed by atoms with Crippen molar-refractivity contribution in [2.24, 2.45) is 0 Å². The molecule has 0 fully saturated rings. The van der Waals surface area contributed by atoms with Gasteiger partial charge in [0.1, 0.15) is 5.65 Å². The Kier molecular flexibility index (Phi) is 3.21. The third-order valence-corrected chi connectivity index (χ3v) is 4.30. The molecular formula is C20H16N4. The van der Waals surface area contributed by atoms with Crippen LogP contribution in [0.25, 0.3) is 32.4 Å². The summed E-state index contributed by atoms with van der Waals surface area (Å²) in [5.41, 5.74) is 4.42. The van der Waals surface area contributed by atoms with Crippen LogP contribution in [0.3, 0.4) is 0 Å². The zero-order valence-electron chi connectivity index (χ0n) is 13.6. The van der Waals surface area contributed by atoms with Gasteiger partial charge in [0.15, 0.2) is 0 Å². The van der Waals surface area contributed by atoms with Crippen LogP contribution in [0.15, 0.2) is 61.1 Å². The maximum atomic E-state index is 7.56. The summed E-state index contributed by atoms with van der Waals surface area (Å²) >= 11 is 0. The summed E-state index contributed by atoms with van der Waals surface area (Å²) in [5.74, 6) is 0. The van der Waals surface area contributed by atoms with Crippen molar-refractivity contribution in [3.05, 3.63) is 72.5 Å². The molecule has 0 spiro atoms. The number of hydrogen-bond donors (Lipinski definition) is 0. The Hall–Kier alpha value is -3.32. The van der Waals surface area contributed by atoms with Gasteiger partial charge in [-0.1, -0.05) is 18.2 Å². The summed E-state index contributed by atoms with van der Waals surface area (Å²) < 4.78 is 1.88. The third kappa shape index (κ3) is 2.19. The zero-order chi connectivity index (χ0) is 16.7. The summed E-state index contributed by atoms with van der Waals surface area (Å²) in [4.78, 5) is 10.1. The lowest BCUT2D eigenvalue weighted by Crippen LogP contribution is -2.07. The molecule has 0 bridgehead atoms. The van der Waals surface area contributed by atoms with E-state index < -0.39 is 0 Å². The molecule has 0 saturated carbocycles. The van der Waals surface area contributed by atoms with Gasteiger partial charge in [-0.05, 0) is 46.2 Å². The molecule has 116 valence electrons. The van der Waals surface area contributed by atoms with Gasteiger partial charge in [-0.2, -0.15) is 0 Å². The first kappa shape index (κ1) is 14.3. The smallest absolute Gasteiger partial charge is 0.236 e. The predicted molar refractivity (Wildman–Crippen MR) is 98.7 cm³/mol. The van der Waals surface area contributed by atoms with E-state index in [1.807, 2.05) is 37.0 Å². The lowest BCUT2D eigenvalue weighted by atomic mass is 10.0. The minimum Gasteiger partial charge on any atom is -0.378 e. The Morgan fingerprint density at radius 1 is 1.00 bits per heavy atom. The van der Waals surface area contributed by atoms with Crippen LogP contribution in [-0.4, -0.2) is 23.5 Å². The highest BCUT2D eigenvalue weighted by atomic mass is 15.1. The number of fused-ring (bicyclic) bond motifs is 2. The Bertz CT molecular complexity index is 1100. The van der Waals surface area contributed by atoms with Gasteiger partial charge >= 0.3 is 0 Å². The van der Waals surface area contributed by atoms with Crippen molar-refractivity contribution in [3.63, 3.8) is 0 Å². The molecular weight excluding hydrogens is 296 g/mol. The highest BCUT2D eigenvalue weighted by Crippen LogP contribution is 2.35. The normalized spacial score (nSPS) is 10.9. The Labute approximate surface area is 140 Å². The molecule has 0 atom stereocenters. The monoisotopic (exact) mass is 312 g/mol. The van der Waals surface area contributed by atoms with Crippen LogP contribution in [0.1, 0.15) is 0 Å². The van der Waals surface area contributed by atoms with Crippen molar-refractivity contribution in [2.45, 2.75) is 0 Å². The van der Waals surface area contributed by atoms with Crippen molar-refractivity contribution < 1.29 is 0 Å². The molecule has 4 aromatic rings. The molecule has 4 heteroatoms. The van der Waals surface area contributed by atoms with Gasteiger partial charge in [-0.3, -0.25) is 0 Å². The number of hydrogen-bond acceptors (Lipinski definition) is 2. The van der Waals surface area contributed by atoms with Crippen LogP contribution < -0.4 is 4.90 Å². The average Bonchev–Trinajstić information content (AvgIpc) is 3.08. The van der Waals surface area contributed by atoms with Crippen molar-refractivity contribution in [2.75, 3.05) is 19.0 Å². The first-order valence-electron chi connectivity index (χ1n) is 7.72. The van der Waals surface area contributed by atoms with Crippen molar-refractivity contribution in [1.29, 1.82) is 0 Å². The Balaban J connectivity index is 1.91. The van der Waals surface area contributed by atoms with Crippen LogP contribution in [-0.2, 0) is 0 Å². The molecule has 4 rings (SSSR count). The van der Waals surface area contributed by atoms with E-state index in [0.717, 1.165) is 16.5 Å². The van der Waals surface area contributed by atoms with Crippen LogP contribution in [0, 0.1) is 6.57 Å². The molecule has 2 aromatic heterocycles. The molecule has 0 radical (unpaired) electrons. The second kappa shape index (κ2) is 5.39. The molecule has 0 aliphatic rings. The lowest BCUT2D eigenvalue weighted by Gasteiger charge is -2.13. The van der Waals surface area contributed by atoms with Gasteiger partial charge in [0.2, 0.25) is 5.69 Å². The minimum absolute atomic E-state index is 0.590. The predicted octanol–water partition coefficient (Wildman–Crippen LogP) is 4.77. The fraction of sp³-hybridized carbons (Fsp3) is 0.100. The molecule has 0 saturated heterocycles. The van der Waals surface area contributed by atoms with Crippen LogP contribution in [0.4, 0.5) is 11.4 Å². The van der Waals surface area contributed by atoms with Crippen LogP contribution in [0.5, 0.6) is 0 Å². The van der Waals surface area contributed by atoms with Gasteiger partial charge in [0, 0.05) is 38.4 Å². The number of nitrogens with zero attached hydrogens (tertiary/aromatic N) is 4. The molecule has 24 heavy (non-hydrogen) atoms. The van der Waals surface area contributed by atoms with Crippen molar-refractivity contribution in [1.82, 2.24) is 9.38 Å². The fourth-order valence-electron chi connectivity index (χ4n) is 2.99. The fourth-order valence-corrected chi connectivity index (χ4v) is 2.99. The zero-order valence-corrected chi connectivity index (χ0v) is 13.6. The van der Waals surface area contributed by atoms with Crippen LogP contribution >= 0.6 is 0 Å². The van der Waals surface area contributed by atoms with E-state index in [0.29, 0.717) is 11.3 Å². The van der Waals surface area contributed by atoms with Gasteiger partial charge in [0.25, 0.3) is 0 Å². The molecule has 2 aromatic carbocycles. The highest BCUT2D eigenvalue weighted by molar-refractivity contribution is 5.94. The molecule has 0 N–H and O–H groups in total. The largest absolute Gasteiger partial charge is 0.378 e. The number of pyridine rings is 1.